The van der Waals surface area contributed by atoms with E-state index in [1.54, 1.807) is 0 Å². The van der Waals surface area contributed by atoms with Gasteiger partial charge < -0.3 is 45.1 Å². The van der Waals surface area contributed by atoms with Gasteiger partial charge in [0.1, 0.15) is 35.5 Å². The summed E-state index contributed by atoms with van der Waals surface area (Å²) in [5, 5.41) is 53.9. The number of rotatable bonds is 7. The SMILES string of the molecule is COc1c(O[C@@H]2OC(C)[C@@H](O)[C@H](O)C2O)ccc2c1CC(=O)C(NC(=O)c1ccc(O)c(CC=C(C)C)c1)=C2O. The number of aromatic hydroxyl groups is 1. The first-order valence-corrected chi connectivity index (χ1v) is 12.7. The third-order valence-corrected chi connectivity index (χ3v) is 6.90. The molecule has 1 fully saturated rings. The van der Waals surface area contributed by atoms with Crippen LogP contribution in [0.4, 0.5) is 0 Å². The summed E-state index contributed by atoms with van der Waals surface area (Å²) < 4.78 is 16.7. The van der Waals surface area contributed by atoms with Crippen molar-refractivity contribution in [1.29, 1.82) is 0 Å². The first-order valence-electron chi connectivity index (χ1n) is 12.7. The van der Waals surface area contributed by atoms with E-state index in [0.29, 0.717) is 12.0 Å². The number of fused-ring (bicyclic) bond motifs is 1. The van der Waals surface area contributed by atoms with Crippen molar-refractivity contribution in [3.63, 3.8) is 0 Å². The number of aliphatic hydroxyl groups excluding tert-OH is 4. The van der Waals surface area contributed by atoms with Crippen molar-refractivity contribution in [3.05, 3.63) is 69.9 Å². The summed E-state index contributed by atoms with van der Waals surface area (Å²) in [7, 11) is 1.34. The van der Waals surface area contributed by atoms with E-state index >= 15 is 0 Å². The standard InChI is InChI=1S/C29H33NO10/c1-13(2)5-6-15-11-16(7-9-19(15)31)28(37)30-22-20(32)12-18-17(24(22)34)8-10-21(27(18)38-4)40-29-26(36)25(35)23(33)14(3)39-29/h5,7-11,14,23,25-26,29,31,33-36H,6,12H2,1-4H3,(H,30,37)/t14?,23-,25+,26?,29+/m1/s1. The van der Waals surface area contributed by atoms with Crippen LogP contribution >= 0.6 is 0 Å². The number of allylic oxidation sites excluding steroid dienone is 3. The Labute approximate surface area is 230 Å². The summed E-state index contributed by atoms with van der Waals surface area (Å²) >= 11 is 0. The van der Waals surface area contributed by atoms with Crippen LogP contribution in [0.5, 0.6) is 17.2 Å². The fourth-order valence-electron chi connectivity index (χ4n) is 4.59. The van der Waals surface area contributed by atoms with Gasteiger partial charge in [0.2, 0.25) is 6.29 Å². The van der Waals surface area contributed by atoms with E-state index in [0.717, 1.165) is 5.57 Å². The molecule has 11 heteroatoms. The minimum atomic E-state index is -1.56. The molecule has 40 heavy (non-hydrogen) atoms. The molecule has 0 saturated carbocycles. The molecular weight excluding hydrogens is 522 g/mol. The summed E-state index contributed by atoms with van der Waals surface area (Å²) in [6.45, 7) is 5.35. The normalized spacial score (nSPS) is 24.3. The highest BCUT2D eigenvalue weighted by Crippen LogP contribution is 2.41. The van der Waals surface area contributed by atoms with Gasteiger partial charge in [-0.3, -0.25) is 9.59 Å². The zero-order valence-electron chi connectivity index (χ0n) is 22.5. The topological polar surface area (TPSA) is 175 Å². The Balaban J connectivity index is 1.61. The first-order chi connectivity index (χ1) is 18.9. The highest BCUT2D eigenvalue weighted by Gasteiger charge is 2.43. The quantitative estimate of drug-likeness (QED) is 0.277. The zero-order valence-corrected chi connectivity index (χ0v) is 22.5. The predicted molar refractivity (Wildman–Crippen MR) is 143 cm³/mol. The van der Waals surface area contributed by atoms with Gasteiger partial charge in [-0.1, -0.05) is 11.6 Å². The Morgan fingerprint density at radius 2 is 1.82 bits per heavy atom. The van der Waals surface area contributed by atoms with Gasteiger partial charge in [0, 0.05) is 23.1 Å². The molecule has 1 amide bonds. The number of phenolic OH excluding ortho intramolecular Hbond substituents is 1. The lowest BCUT2D eigenvalue weighted by Gasteiger charge is -2.39. The molecule has 5 atom stereocenters. The van der Waals surface area contributed by atoms with Crippen molar-refractivity contribution in [2.75, 3.05) is 7.11 Å². The van der Waals surface area contributed by atoms with Gasteiger partial charge in [0.15, 0.2) is 17.3 Å². The summed E-state index contributed by atoms with van der Waals surface area (Å²) in [4.78, 5) is 26.1. The largest absolute Gasteiger partial charge is 0.508 e. The Kier molecular flexibility index (Phi) is 8.50. The Hall–Kier alpha value is -3.90. The van der Waals surface area contributed by atoms with Crippen LogP contribution in [0.2, 0.25) is 0 Å². The van der Waals surface area contributed by atoms with E-state index in [1.807, 2.05) is 19.9 Å². The summed E-state index contributed by atoms with van der Waals surface area (Å²) in [5.41, 5.74) is 2.00. The Bertz CT molecular complexity index is 1380. The number of benzene rings is 2. The highest BCUT2D eigenvalue weighted by molar-refractivity contribution is 6.10. The summed E-state index contributed by atoms with van der Waals surface area (Å²) in [6.07, 6.45) is -4.47. The zero-order chi connectivity index (χ0) is 29.3. The number of hydrogen-bond acceptors (Lipinski definition) is 10. The molecule has 0 spiro atoms. The van der Waals surface area contributed by atoms with E-state index < -0.39 is 48.2 Å². The second kappa shape index (κ2) is 11.7. The smallest absolute Gasteiger partial charge is 0.255 e. The Morgan fingerprint density at radius 3 is 2.50 bits per heavy atom. The van der Waals surface area contributed by atoms with E-state index in [2.05, 4.69) is 5.32 Å². The number of Topliss-reactive ketones (excluding diaryl/α,β-unsaturated/α-hetero) is 1. The van der Waals surface area contributed by atoms with E-state index in [9.17, 15) is 35.1 Å². The van der Waals surface area contributed by atoms with E-state index in [1.165, 1.54) is 44.4 Å². The number of ether oxygens (including phenoxy) is 3. The number of aliphatic hydroxyl groups is 4. The lowest BCUT2D eigenvalue weighted by atomic mass is 9.91. The van der Waals surface area contributed by atoms with Gasteiger partial charge >= 0.3 is 0 Å². The molecule has 1 aliphatic heterocycles. The lowest BCUT2D eigenvalue weighted by molar-refractivity contribution is -0.268. The van der Waals surface area contributed by atoms with Gasteiger partial charge in [-0.15, -0.1) is 0 Å². The molecule has 1 aliphatic carbocycles. The third kappa shape index (κ3) is 5.68. The number of ketones is 1. The molecule has 2 aromatic carbocycles. The maximum atomic E-state index is 13.1. The molecule has 0 aromatic heterocycles. The van der Waals surface area contributed by atoms with E-state index in [-0.39, 0.29) is 46.1 Å². The van der Waals surface area contributed by atoms with Crippen LogP contribution < -0.4 is 14.8 Å². The van der Waals surface area contributed by atoms with Gasteiger partial charge in [-0.2, -0.15) is 0 Å². The number of nitrogens with one attached hydrogen (secondary N) is 1. The van der Waals surface area contributed by atoms with Crippen LogP contribution in [0.3, 0.4) is 0 Å². The van der Waals surface area contributed by atoms with Crippen molar-refractivity contribution >= 4 is 17.4 Å². The molecule has 6 N–H and O–H groups in total. The fraction of sp³-hybridized carbons (Fsp3) is 0.379. The molecule has 2 aromatic rings. The molecule has 0 bridgehead atoms. The number of carbonyl (C=O) groups excluding carboxylic acids is 2. The summed E-state index contributed by atoms with van der Waals surface area (Å²) in [5.74, 6) is -1.48. The van der Waals surface area contributed by atoms with Crippen LogP contribution in [0.1, 0.15) is 47.8 Å². The first kappa shape index (κ1) is 29.1. The fourth-order valence-corrected chi connectivity index (χ4v) is 4.59. The average Bonchev–Trinajstić information content (AvgIpc) is 2.91. The van der Waals surface area contributed by atoms with Gasteiger partial charge in [-0.25, -0.2) is 0 Å². The number of methoxy groups -OCH3 is 1. The highest BCUT2D eigenvalue weighted by atomic mass is 16.7. The number of phenols is 1. The minimum absolute atomic E-state index is 0.0372. The van der Waals surface area contributed by atoms with Gasteiger partial charge in [-0.05, 0) is 63.1 Å². The van der Waals surface area contributed by atoms with Crippen LogP contribution in [-0.2, 0) is 22.4 Å². The number of amides is 1. The average molecular weight is 556 g/mol. The molecule has 2 unspecified atom stereocenters. The molecule has 0 radical (unpaired) electrons. The minimum Gasteiger partial charge on any atom is -0.508 e. The molecular formula is C29H33NO10. The van der Waals surface area contributed by atoms with Crippen molar-refractivity contribution in [2.24, 2.45) is 0 Å². The molecule has 4 rings (SSSR count). The monoisotopic (exact) mass is 555 g/mol. The van der Waals surface area contributed by atoms with Crippen molar-refractivity contribution < 1.29 is 49.3 Å². The van der Waals surface area contributed by atoms with Gasteiger partial charge in [0.25, 0.3) is 5.91 Å². The molecule has 1 saturated heterocycles. The van der Waals surface area contributed by atoms with Crippen LogP contribution in [-0.4, -0.2) is 75.0 Å². The van der Waals surface area contributed by atoms with Crippen molar-refractivity contribution in [2.45, 2.75) is 64.3 Å². The molecule has 1 heterocycles. The van der Waals surface area contributed by atoms with Crippen molar-refractivity contribution in [1.82, 2.24) is 5.32 Å². The van der Waals surface area contributed by atoms with Crippen LogP contribution in [0.15, 0.2) is 47.7 Å². The summed E-state index contributed by atoms with van der Waals surface area (Å²) in [6, 6.07) is 7.23. The third-order valence-electron chi connectivity index (χ3n) is 6.90. The van der Waals surface area contributed by atoms with Crippen molar-refractivity contribution in [3.8, 4) is 17.2 Å². The number of hydrogen-bond donors (Lipinski definition) is 6. The molecule has 2 aliphatic rings. The Morgan fingerprint density at radius 1 is 1.10 bits per heavy atom. The lowest BCUT2D eigenvalue weighted by Crippen LogP contribution is -2.58. The predicted octanol–water partition coefficient (Wildman–Crippen LogP) is 1.90. The van der Waals surface area contributed by atoms with Crippen LogP contribution in [0, 0.1) is 0 Å². The van der Waals surface area contributed by atoms with Gasteiger partial charge in [0.05, 0.1) is 13.2 Å². The van der Waals surface area contributed by atoms with E-state index in [4.69, 9.17) is 14.2 Å². The number of carbonyl (C=O) groups is 2. The second-order valence-electron chi connectivity index (χ2n) is 10.0. The van der Waals surface area contributed by atoms with Crippen LogP contribution in [0.25, 0.3) is 5.76 Å². The molecule has 11 nitrogen and oxygen atoms in total. The maximum Gasteiger partial charge on any atom is 0.255 e. The maximum absolute atomic E-state index is 13.1. The second-order valence-corrected chi connectivity index (χ2v) is 10.0. The molecule has 214 valence electrons.